The summed E-state index contributed by atoms with van der Waals surface area (Å²) in [7, 11) is 0. The first-order valence-electron chi connectivity index (χ1n) is 7.87. The highest BCUT2D eigenvalue weighted by atomic mass is 14.9. The summed E-state index contributed by atoms with van der Waals surface area (Å²) >= 11 is 0. The van der Waals surface area contributed by atoms with Crippen molar-refractivity contribution in [1.82, 2.24) is 5.32 Å². The second-order valence-corrected chi connectivity index (χ2v) is 6.80. The van der Waals surface area contributed by atoms with Crippen molar-refractivity contribution in [2.24, 2.45) is 0 Å². The zero-order valence-corrected chi connectivity index (χ0v) is 13.0. The quantitative estimate of drug-likeness (QED) is 0.786. The van der Waals surface area contributed by atoms with Gasteiger partial charge in [-0.25, -0.2) is 0 Å². The molecule has 1 atom stereocenters. The first-order chi connectivity index (χ1) is 9.03. The Labute approximate surface area is 118 Å². The molecule has 1 aliphatic carbocycles. The number of hydrogen-bond acceptors (Lipinski definition) is 1. The number of rotatable bonds is 6. The van der Waals surface area contributed by atoms with Crippen LogP contribution in [0.5, 0.6) is 0 Å². The summed E-state index contributed by atoms with van der Waals surface area (Å²) in [5.41, 5.74) is 3.27. The Balaban J connectivity index is 2.02. The van der Waals surface area contributed by atoms with Crippen molar-refractivity contribution in [3.05, 3.63) is 35.4 Å². The molecule has 0 heterocycles. The molecule has 1 aliphatic rings. The fourth-order valence-corrected chi connectivity index (χ4v) is 3.25. The monoisotopic (exact) mass is 259 g/mol. The largest absolute Gasteiger partial charge is 0.315 e. The van der Waals surface area contributed by atoms with Crippen molar-refractivity contribution in [1.29, 1.82) is 0 Å². The van der Waals surface area contributed by atoms with Crippen LogP contribution in [0.1, 0.15) is 70.4 Å². The molecule has 1 fully saturated rings. The third-order valence-corrected chi connectivity index (χ3v) is 4.64. The van der Waals surface area contributed by atoms with Gasteiger partial charge in [0.05, 0.1) is 0 Å². The highest BCUT2D eigenvalue weighted by Crippen LogP contribution is 2.37. The van der Waals surface area contributed by atoms with E-state index < -0.39 is 0 Å². The van der Waals surface area contributed by atoms with E-state index >= 15 is 0 Å². The van der Waals surface area contributed by atoms with Gasteiger partial charge in [-0.3, -0.25) is 0 Å². The second-order valence-electron chi connectivity index (χ2n) is 6.80. The van der Waals surface area contributed by atoms with Gasteiger partial charge >= 0.3 is 0 Å². The molecule has 2 rings (SSSR count). The molecule has 0 amide bonds. The minimum absolute atomic E-state index is 0.250. The molecule has 1 saturated carbocycles. The first-order valence-corrected chi connectivity index (χ1v) is 7.87. The third kappa shape index (κ3) is 3.60. The lowest BCUT2D eigenvalue weighted by Gasteiger charge is -2.30. The third-order valence-electron chi connectivity index (χ3n) is 4.64. The highest BCUT2D eigenvalue weighted by Gasteiger charge is 2.24. The van der Waals surface area contributed by atoms with Crippen molar-refractivity contribution >= 4 is 0 Å². The molecule has 0 bridgehead atoms. The minimum Gasteiger partial charge on any atom is -0.315 e. The van der Waals surface area contributed by atoms with E-state index in [0.717, 1.165) is 12.5 Å². The van der Waals surface area contributed by atoms with Crippen LogP contribution in [0.2, 0.25) is 0 Å². The standard InChI is InChI=1S/C18H29N/c1-5-19-14(2)13-18(3,4)17-11-9-16(10-12-17)15-7-6-8-15/h9-12,14-15,19H,5-8,13H2,1-4H3. The average Bonchev–Trinajstić information content (AvgIpc) is 2.27. The molecule has 1 nitrogen and oxygen atoms in total. The van der Waals surface area contributed by atoms with Crippen molar-refractivity contribution in [3.63, 3.8) is 0 Å². The van der Waals surface area contributed by atoms with Crippen molar-refractivity contribution in [2.45, 2.75) is 70.8 Å². The maximum absolute atomic E-state index is 3.52. The Hall–Kier alpha value is -0.820. The van der Waals surface area contributed by atoms with Crippen LogP contribution in [0.15, 0.2) is 24.3 Å². The molecule has 0 aliphatic heterocycles. The molecular formula is C18H29N. The molecule has 1 aromatic rings. The maximum Gasteiger partial charge on any atom is 0.00468 e. The first kappa shape index (κ1) is 14.6. The predicted octanol–water partition coefficient (Wildman–Crippen LogP) is 4.62. The zero-order valence-electron chi connectivity index (χ0n) is 13.0. The summed E-state index contributed by atoms with van der Waals surface area (Å²) in [6, 6.07) is 10.0. The van der Waals surface area contributed by atoms with E-state index in [2.05, 4.69) is 57.3 Å². The lowest BCUT2D eigenvalue weighted by atomic mass is 9.76. The van der Waals surface area contributed by atoms with Gasteiger partial charge in [-0.1, -0.05) is 51.5 Å². The normalized spacial score (nSPS) is 18.1. The Morgan fingerprint density at radius 2 is 1.84 bits per heavy atom. The van der Waals surface area contributed by atoms with Gasteiger partial charge < -0.3 is 5.32 Å². The molecule has 1 aromatic carbocycles. The Morgan fingerprint density at radius 1 is 1.21 bits per heavy atom. The molecule has 1 heteroatoms. The summed E-state index contributed by atoms with van der Waals surface area (Å²) in [6.07, 6.45) is 5.38. The van der Waals surface area contributed by atoms with Crippen molar-refractivity contribution < 1.29 is 0 Å². The van der Waals surface area contributed by atoms with E-state index in [1.54, 1.807) is 5.56 Å². The van der Waals surface area contributed by atoms with Crippen LogP contribution in [-0.4, -0.2) is 12.6 Å². The minimum atomic E-state index is 0.250. The van der Waals surface area contributed by atoms with Crippen LogP contribution in [0.3, 0.4) is 0 Å². The summed E-state index contributed by atoms with van der Waals surface area (Å²) in [6.45, 7) is 10.2. The van der Waals surface area contributed by atoms with E-state index in [1.165, 1.54) is 31.2 Å². The van der Waals surface area contributed by atoms with Crippen molar-refractivity contribution in [2.75, 3.05) is 6.54 Å². The van der Waals surface area contributed by atoms with Gasteiger partial charge in [0, 0.05) is 6.04 Å². The lowest BCUT2D eigenvalue weighted by Crippen LogP contribution is -2.33. The van der Waals surface area contributed by atoms with Gasteiger partial charge in [0.2, 0.25) is 0 Å². The highest BCUT2D eigenvalue weighted by molar-refractivity contribution is 5.31. The maximum atomic E-state index is 3.52. The number of benzene rings is 1. The van der Waals surface area contributed by atoms with Gasteiger partial charge in [-0.2, -0.15) is 0 Å². The fraction of sp³-hybridized carbons (Fsp3) is 0.667. The Bertz CT molecular complexity index is 387. The second kappa shape index (κ2) is 6.09. The number of hydrogen-bond donors (Lipinski definition) is 1. The topological polar surface area (TPSA) is 12.0 Å². The lowest BCUT2D eigenvalue weighted by molar-refractivity contribution is 0.393. The molecule has 0 radical (unpaired) electrons. The van der Waals surface area contributed by atoms with Gasteiger partial charge in [0.25, 0.3) is 0 Å². The van der Waals surface area contributed by atoms with Crippen LogP contribution >= 0.6 is 0 Å². The summed E-state index contributed by atoms with van der Waals surface area (Å²) in [4.78, 5) is 0. The molecule has 0 aromatic heterocycles. The predicted molar refractivity (Wildman–Crippen MR) is 83.8 cm³/mol. The van der Waals surface area contributed by atoms with E-state index in [-0.39, 0.29) is 5.41 Å². The van der Waals surface area contributed by atoms with E-state index in [4.69, 9.17) is 0 Å². The van der Waals surface area contributed by atoms with Crippen LogP contribution in [0.25, 0.3) is 0 Å². The van der Waals surface area contributed by atoms with Gasteiger partial charge in [-0.05, 0) is 55.2 Å². The Kier molecular flexibility index (Phi) is 4.67. The van der Waals surface area contributed by atoms with Gasteiger partial charge in [0.15, 0.2) is 0 Å². The fourth-order valence-electron chi connectivity index (χ4n) is 3.25. The van der Waals surface area contributed by atoms with Crippen LogP contribution in [-0.2, 0) is 5.41 Å². The van der Waals surface area contributed by atoms with Crippen LogP contribution in [0.4, 0.5) is 0 Å². The van der Waals surface area contributed by atoms with E-state index in [1.807, 2.05) is 0 Å². The summed E-state index contributed by atoms with van der Waals surface area (Å²) < 4.78 is 0. The smallest absolute Gasteiger partial charge is 0.00468 e. The zero-order chi connectivity index (χ0) is 13.9. The van der Waals surface area contributed by atoms with Crippen LogP contribution in [0, 0.1) is 0 Å². The van der Waals surface area contributed by atoms with E-state index in [9.17, 15) is 0 Å². The summed E-state index contributed by atoms with van der Waals surface area (Å²) in [5, 5.41) is 3.52. The van der Waals surface area contributed by atoms with Crippen LogP contribution < -0.4 is 5.32 Å². The molecule has 106 valence electrons. The summed E-state index contributed by atoms with van der Waals surface area (Å²) in [5.74, 6) is 0.845. The average molecular weight is 259 g/mol. The molecule has 1 unspecified atom stereocenters. The molecule has 0 spiro atoms. The molecule has 0 saturated heterocycles. The molecule has 1 N–H and O–H groups in total. The molecular weight excluding hydrogens is 230 g/mol. The van der Waals surface area contributed by atoms with Gasteiger partial charge in [0.1, 0.15) is 0 Å². The van der Waals surface area contributed by atoms with E-state index in [0.29, 0.717) is 6.04 Å². The Morgan fingerprint density at radius 3 is 2.32 bits per heavy atom. The SMILES string of the molecule is CCNC(C)CC(C)(C)c1ccc(C2CCC2)cc1. The van der Waals surface area contributed by atoms with Crippen molar-refractivity contribution in [3.8, 4) is 0 Å². The van der Waals surface area contributed by atoms with Gasteiger partial charge in [-0.15, -0.1) is 0 Å². The molecule has 19 heavy (non-hydrogen) atoms. The number of nitrogens with one attached hydrogen (secondary N) is 1.